The van der Waals surface area contributed by atoms with Gasteiger partial charge in [0.25, 0.3) is 0 Å². The van der Waals surface area contributed by atoms with Crippen molar-refractivity contribution >= 4 is 11.3 Å². The van der Waals surface area contributed by atoms with Gasteiger partial charge in [0.1, 0.15) is 30.5 Å². The summed E-state index contributed by atoms with van der Waals surface area (Å²) in [6.45, 7) is 1.65. The Morgan fingerprint density at radius 1 is 1.04 bits per heavy atom. The van der Waals surface area contributed by atoms with Crippen LogP contribution in [0.25, 0.3) is 0 Å². The highest BCUT2D eigenvalue weighted by atomic mass is 32.1. The Balaban J connectivity index is 1.82. The van der Waals surface area contributed by atoms with Gasteiger partial charge in [0.2, 0.25) is 0 Å². The summed E-state index contributed by atoms with van der Waals surface area (Å²) in [6, 6.07) is 11.8. The van der Waals surface area contributed by atoms with Gasteiger partial charge in [-0.25, -0.2) is 0 Å². The van der Waals surface area contributed by atoms with Crippen LogP contribution >= 0.6 is 11.3 Å². The average Bonchev–Trinajstić information content (AvgIpc) is 2.98. The van der Waals surface area contributed by atoms with Crippen LogP contribution < -0.4 is 0 Å². The molecule has 0 saturated carbocycles. The van der Waals surface area contributed by atoms with Gasteiger partial charge in [-0.15, -0.1) is 11.3 Å². The third-order valence-corrected chi connectivity index (χ3v) is 5.35. The molecule has 130 valence electrons. The predicted octanol–water partition coefficient (Wildman–Crippen LogP) is 1.16. The third kappa shape index (κ3) is 3.54. The minimum absolute atomic E-state index is 0.421. The number of aliphatic hydroxyl groups excluding tert-OH is 4. The quantitative estimate of drug-likeness (QED) is 0.664. The minimum Gasteiger partial charge on any atom is -0.394 e. The molecule has 1 aromatic heterocycles. The maximum atomic E-state index is 10.2. The first-order valence-electron chi connectivity index (χ1n) is 7.94. The van der Waals surface area contributed by atoms with Gasteiger partial charge in [-0.3, -0.25) is 0 Å². The number of thiophene rings is 1. The van der Waals surface area contributed by atoms with Crippen molar-refractivity contribution in [1.29, 1.82) is 0 Å². The molecule has 1 saturated heterocycles. The van der Waals surface area contributed by atoms with Gasteiger partial charge in [-0.05, 0) is 30.2 Å². The van der Waals surface area contributed by atoms with Crippen molar-refractivity contribution in [2.45, 2.75) is 43.9 Å². The summed E-state index contributed by atoms with van der Waals surface area (Å²) in [5.74, 6) is 0. The minimum atomic E-state index is -1.36. The zero-order chi connectivity index (χ0) is 17.3. The lowest BCUT2D eigenvalue weighted by molar-refractivity contribution is -0.231. The van der Waals surface area contributed by atoms with Crippen molar-refractivity contribution < 1.29 is 25.2 Å². The van der Waals surface area contributed by atoms with Crippen LogP contribution in [0.15, 0.2) is 36.4 Å². The van der Waals surface area contributed by atoms with Crippen LogP contribution in [0, 0.1) is 6.92 Å². The lowest BCUT2D eigenvalue weighted by Crippen LogP contribution is -2.55. The second kappa shape index (κ2) is 7.31. The SMILES string of the molecule is Cc1ccc(Cc2cccc(C3OC(CO)[C@@H](O)[C@H](O)[C@H]3O)c2)s1. The highest BCUT2D eigenvalue weighted by Gasteiger charge is 2.43. The molecule has 0 radical (unpaired) electrons. The molecule has 1 fully saturated rings. The predicted molar refractivity (Wildman–Crippen MR) is 91.0 cm³/mol. The molecule has 1 aromatic carbocycles. The molecule has 2 unspecified atom stereocenters. The first-order valence-corrected chi connectivity index (χ1v) is 8.76. The molecule has 0 spiro atoms. The topological polar surface area (TPSA) is 90.2 Å². The normalized spacial score (nSPS) is 30.5. The Morgan fingerprint density at radius 2 is 1.83 bits per heavy atom. The van der Waals surface area contributed by atoms with Crippen molar-refractivity contribution in [3.8, 4) is 0 Å². The standard InChI is InChI=1S/C18H22O5S/c1-10-5-6-13(24-10)8-11-3-2-4-12(7-11)18-17(22)16(21)15(20)14(9-19)23-18/h2-7,14-22H,8-9H2,1H3/t14?,15-,16+,17-,18?/m1/s1. The zero-order valence-electron chi connectivity index (χ0n) is 13.4. The number of ether oxygens (including phenoxy) is 1. The Bertz CT molecular complexity index is 684. The number of aliphatic hydroxyl groups is 4. The van der Waals surface area contributed by atoms with Crippen LogP contribution in [0.2, 0.25) is 0 Å². The summed E-state index contributed by atoms with van der Waals surface area (Å²) < 4.78 is 5.62. The van der Waals surface area contributed by atoms with E-state index < -0.39 is 37.1 Å². The first-order chi connectivity index (χ1) is 11.5. The van der Waals surface area contributed by atoms with Gasteiger partial charge >= 0.3 is 0 Å². The molecule has 2 aromatic rings. The van der Waals surface area contributed by atoms with Crippen LogP contribution in [-0.4, -0.2) is 51.4 Å². The van der Waals surface area contributed by atoms with Crippen molar-refractivity contribution in [2.75, 3.05) is 6.61 Å². The number of hydrogen-bond donors (Lipinski definition) is 4. The number of aryl methyl sites for hydroxylation is 1. The molecule has 6 heteroatoms. The molecular weight excluding hydrogens is 328 g/mol. The van der Waals surface area contributed by atoms with E-state index in [1.807, 2.05) is 24.3 Å². The molecule has 24 heavy (non-hydrogen) atoms. The van der Waals surface area contributed by atoms with Gasteiger partial charge in [0.05, 0.1) is 6.61 Å². The van der Waals surface area contributed by atoms with Crippen LogP contribution in [0.5, 0.6) is 0 Å². The monoisotopic (exact) mass is 350 g/mol. The van der Waals surface area contributed by atoms with E-state index in [1.165, 1.54) is 9.75 Å². The smallest absolute Gasteiger partial charge is 0.113 e. The van der Waals surface area contributed by atoms with Crippen LogP contribution in [0.3, 0.4) is 0 Å². The van der Waals surface area contributed by atoms with Crippen LogP contribution in [0.1, 0.15) is 27.0 Å². The van der Waals surface area contributed by atoms with E-state index in [9.17, 15) is 20.4 Å². The van der Waals surface area contributed by atoms with E-state index in [-0.39, 0.29) is 0 Å². The highest BCUT2D eigenvalue weighted by Crippen LogP contribution is 2.33. The van der Waals surface area contributed by atoms with E-state index >= 15 is 0 Å². The lowest BCUT2D eigenvalue weighted by Gasteiger charge is -2.40. The Kier molecular flexibility index (Phi) is 5.34. The molecule has 0 aliphatic carbocycles. The van der Waals surface area contributed by atoms with Crippen molar-refractivity contribution in [2.24, 2.45) is 0 Å². The molecule has 1 aliphatic rings. The van der Waals surface area contributed by atoms with Crippen LogP contribution in [-0.2, 0) is 11.2 Å². The molecular formula is C18H22O5S. The van der Waals surface area contributed by atoms with E-state index in [4.69, 9.17) is 4.74 Å². The van der Waals surface area contributed by atoms with E-state index in [0.29, 0.717) is 0 Å². The second-order valence-electron chi connectivity index (χ2n) is 6.18. The molecule has 0 amide bonds. The molecule has 5 atom stereocenters. The van der Waals surface area contributed by atoms with Crippen molar-refractivity contribution in [1.82, 2.24) is 0 Å². The summed E-state index contributed by atoms with van der Waals surface area (Å²) in [7, 11) is 0. The fraction of sp³-hybridized carbons (Fsp3) is 0.444. The fourth-order valence-electron chi connectivity index (χ4n) is 3.04. The van der Waals surface area contributed by atoms with Gasteiger partial charge in [0, 0.05) is 16.2 Å². The highest BCUT2D eigenvalue weighted by molar-refractivity contribution is 7.11. The van der Waals surface area contributed by atoms with Gasteiger partial charge in [-0.2, -0.15) is 0 Å². The summed E-state index contributed by atoms with van der Waals surface area (Å²) in [6.07, 6.45) is -4.84. The molecule has 0 bridgehead atoms. The van der Waals surface area contributed by atoms with E-state index in [1.54, 1.807) is 11.3 Å². The maximum Gasteiger partial charge on any atom is 0.113 e. The molecule has 3 rings (SSSR count). The number of rotatable bonds is 4. The van der Waals surface area contributed by atoms with Gasteiger partial charge < -0.3 is 25.2 Å². The summed E-state index contributed by atoms with van der Waals surface area (Å²) in [5, 5.41) is 39.4. The summed E-state index contributed by atoms with van der Waals surface area (Å²) in [4.78, 5) is 2.51. The number of hydrogen-bond acceptors (Lipinski definition) is 6. The van der Waals surface area contributed by atoms with E-state index in [2.05, 4.69) is 19.1 Å². The van der Waals surface area contributed by atoms with Gasteiger partial charge in [0.15, 0.2) is 0 Å². The summed E-state index contributed by atoms with van der Waals surface area (Å²) in [5.41, 5.74) is 1.80. The van der Waals surface area contributed by atoms with E-state index in [0.717, 1.165) is 17.5 Å². The lowest BCUT2D eigenvalue weighted by atomic mass is 9.90. The zero-order valence-corrected chi connectivity index (χ0v) is 14.2. The molecule has 5 nitrogen and oxygen atoms in total. The number of benzene rings is 1. The fourth-order valence-corrected chi connectivity index (χ4v) is 3.96. The summed E-state index contributed by atoms with van der Waals surface area (Å²) >= 11 is 1.74. The molecule has 1 aliphatic heterocycles. The first kappa shape index (κ1) is 17.5. The average molecular weight is 350 g/mol. The largest absolute Gasteiger partial charge is 0.394 e. The van der Waals surface area contributed by atoms with Crippen molar-refractivity contribution in [3.63, 3.8) is 0 Å². The Labute approximate surface area is 144 Å². The third-order valence-electron chi connectivity index (χ3n) is 4.35. The van der Waals surface area contributed by atoms with Crippen LogP contribution in [0.4, 0.5) is 0 Å². The van der Waals surface area contributed by atoms with Crippen molar-refractivity contribution in [3.05, 3.63) is 57.3 Å². The molecule has 4 N–H and O–H groups in total. The second-order valence-corrected chi connectivity index (χ2v) is 7.56. The molecule has 2 heterocycles. The van der Waals surface area contributed by atoms with Gasteiger partial charge in [-0.1, -0.05) is 24.3 Å². The Morgan fingerprint density at radius 3 is 2.50 bits per heavy atom. The Hall–Kier alpha value is -1.28. The maximum absolute atomic E-state index is 10.2.